The fourth-order valence-electron chi connectivity index (χ4n) is 12.1. The van der Waals surface area contributed by atoms with Crippen molar-refractivity contribution in [1.29, 1.82) is 10.8 Å². The van der Waals surface area contributed by atoms with Gasteiger partial charge in [0, 0.05) is 44.5 Å². The summed E-state index contributed by atoms with van der Waals surface area (Å²) in [7, 11) is 0. The first-order valence-electron chi connectivity index (χ1n) is 39.5. The maximum Gasteiger partial charge on any atom is 0.251 e. The van der Waals surface area contributed by atoms with Gasteiger partial charge in [-0.05, 0) is 149 Å². The predicted molar refractivity (Wildman–Crippen MR) is 439 cm³/mol. The van der Waals surface area contributed by atoms with Crippen LogP contribution in [0.5, 0.6) is 11.5 Å². The molecule has 0 saturated heterocycles. The van der Waals surface area contributed by atoms with Gasteiger partial charge in [-0.1, -0.05) is 90.8 Å². The maximum absolute atomic E-state index is 14.7. The topological polar surface area (TPSA) is 715 Å². The van der Waals surface area contributed by atoms with Crippen LogP contribution in [0, 0.1) is 28.6 Å². The van der Waals surface area contributed by atoms with Gasteiger partial charge < -0.3 is 130 Å². The number of hydrogen-bond donors (Lipinski definition) is 26. The van der Waals surface area contributed by atoms with Gasteiger partial charge in [0.2, 0.25) is 82.7 Å². The lowest BCUT2D eigenvalue weighted by Crippen LogP contribution is -2.63. The average molecular weight is 1670 g/mol. The number of amides is 15. The second-order valence-electron chi connectivity index (χ2n) is 29.8. The van der Waals surface area contributed by atoms with E-state index in [1.54, 1.807) is 65.8 Å². The highest BCUT2D eigenvalue weighted by atomic mass is 16.3. The van der Waals surface area contributed by atoms with Crippen molar-refractivity contribution < 1.29 is 87.2 Å². The van der Waals surface area contributed by atoms with Crippen LogP contribution < -0.4 is 115 Å². The number of primary amides is 3. The number of aliphatic hydroxyl groups is 1. The SMILES string of the molecule is CC[C@H](C)[C@H](NC(=O)[C@H](Cc1ccc(O)cc1)NC(=O)[C@H](C)NC(=O)[C@H](CCCCN)NC(=O)c1ccc(CN)cc1)C(=O)N[C@@H](CC(N)=O)C(=O)N[C@@H](CC(C)C)C(=O)N[C@H](C(=O)N[C@H](C(=O)N[C@@H](CCCNC(=N)N)C(=O)N[C@@H](CCC(N)=O)C(=O)N[C@@H](CCCNC(=N)N)C(=O)N[C@@H](Cc1ccc(O)cc1)C(N)=O)[C@@H](C)O)[C@@H](C)CC. The third kappa shape index (κ3) is 36.8. The standard InChI is InChI=1S/C78H123N23O18/c1-9-41(5)61(99-73(116)57(37-46-22-28-50(104)29-23-46)96-65(108)43(7)90-67(110)51(15-11-12-32-79)91-66(109)48-24-18-47(39-80)19-25-48)74(117)98-58(38-60(82)106)71(114)97-56(35-40(3)4)72(115)100-62(42(6)10-2)75(118)101-63(44(8)102)76(119)94-53(17-14-34-89-78(86)87)68(111)93-54(30-31-59(81)105)70(113)92-52(16-13-33-88-77(84)85)69(112)95-55(64(83)107)36-45-20-26-49(103)27-21-45/h18-29,40-44,51-58,61-63,102-104H,9-17,30-39,79-80H2,1-8H3,(H2,81,105)(H2,82,106)(H2,83,107)(H,90,110)(H,91,109)(H,92,113)(H,93,111)(H,94,119)(H,95,112)(H,96,108)(H,97,114)(H,98,117)(H,99,116)(H,100,115)(H,101,118)(H4,84,85,88)(H4,86,87,89)/t41-,42-,43-,44+,51-,52-,53-,54-,55-,56-,57-,58-,61-,62-,63-/m0/s1. The highest BCUT2D eigenvalue weighted by Crippen LogP contribution is 2.19. The highest BCUT2D eigenvalue weighted by Gasteiger charge is 2.40. The second kappa shape index (κ2) is 51.7. The molecule has 0 fully saturated rings. The Labute approximate surface area is 691 Å². The second-order valence-corrected chi connectivity index (χ2v) is 29.8. The van der Waals surface area contributed by atoms with Gasteiger partial charge in [-0.15, -0.1) is 0 Å². The molecule has 3 aromatic carbocycles. The highest BCUT2D eigenvalue weighted by molar-refractivity contribution is 6.02. The molecule has 0 bridgehead atoms. The summed E-state index contributed by atoms with van der Waals surface area (Å²) in [6.07, 6.45) is -3.14. The third-order valence-corrected chi connectivity index (χ3v) is 19.4. The number of benzene rings is 3. The summed E-state index contributed by atoms with van der Waals surface area (Å²) in [5, 5.41) is 82.1. The number of aliphatic hydroxyl groups excluding tert-OH is 1. The Bertz CT molecular complexity index is 3930. The molecule has 119 heavy (non-hydrogen) atoms. The molecule has 0 radical (unpaired) electrons. The van der Waals surface area contributed by atoms with Gasteiger partial charge in [0.1, 0.15) is 84.0 Å². The molecule has 658 valence electrons. The number of phenolic OH excluding ortho intramolecular Hbond substituents is 2. The van der Waals surface area contributed by atoms with Crippen LogP contribution in [0.1, 0.15) is 166 Å². The van der Waals surface area contributed by atoms with Crippen molar-refractivity contribution in [3.63, 3.8) is 0 Å². The molecule has 0 aliphatic carbocycles. The monoisotopic (exact) mass is 1670 g/mol. The fraction of sp³-hybridized carbons (Fsp3) is 0.551. The van der Waals surface area contributed by atoms with Gasteiger partial charge in [-0.2, -0.15) is 0 Å². The van der Waals surface area contributed by atoms with E-state index in [2.05, 4.69) is 74.4 Å². The number of unbranched alkanes of at least 4 members (excludes halogenated alkanes) is 1. The Hall–Kier alpha value is -12.3. The average Bonchev–Trinajstić information content (AvgIpc) is 0.843. The normalized spacial score (nSPS) is 14.9. The Morgan fingerprint density at radius 2 is 0.756 bits per heavy atom. The summed E-state index contributed by atoms with van der Waals surface area (Å²) in [5.74, 6) is -17.6. The smallest absolute Gasteiger partial charge is 0.251 e. The Kier molecular flexibility index (Phi) is 43.9. The number of nitrogens with one attached hydrogen (secondary N) is 16. The third-order valence-electron chi connectivity index (χ3n) is 19.4. The van der Waals surface area contributed by atoms with Crippen LogP contribution in [-0.4, -0.2) is 214 Å². The summed E-state index contributed by atoms with van der Waals surface area (Å²) in [5.41, 5.74) is 41.1. The van der Waals surface area contributed by atoms with E-state index >= 15 is 0 Å². The zero-order chi connectivity index (χ0) is 89.3. The molecule has 0 unspecified atom stereocenters. The fourth-order valence-corrected chi connectivity index (χ4v) is 12.1. The molecular weight excluding hydrogens is 1550 g/mol. The molecule has 0 aromatic heterocycles. The molecule has 0 aliphatic heterocycles. The number of guanidine groups is 2. The molecule has 33 N–H and O–H groups in total. The summed E-state index contributed by atoms with van der Waals surface area (Å²) in [4.78, 5) is 210. The summed E-state index contributed by atoms with van der Waals surface area (Å²) >= 11 is 0. The lowest BCUT2D eigenvalue weighted by molar-refractivity contribution is -0.138. The molecule has 41 heteroatoms. The summed E-state index contributed by atoms with van der Waals surface area (Å²) < 4.78 is 0. The number of rotatable bonds is 54. The zero-order valence-electron chi connectivity index (χ0n) is 68.6. The number of nitrogens with two attached hydrogens (primary N) is 7. The van der Waals surface area contributed by atoms with Gasteiger partial charge in [0.15, 0.2) is 11.9 Å². The Balaban J connectivity index is 1.95. The van der Waals surface area contributed by atoms with E-state index < -0.39 is 216 Å². The van der Waals surface area contributed by atoms with E-state index in [1.165, 1.54) is 55.5 Å². The van der Waals surface area contributed by atoms with Crippen LogP contribution in [0.2, 0.25) is 0 Å². The molecule has 0 heterocycles. The van der Waals surface area contributed by atoms with Crippen LogP contribution >= 0.6 is 0 Å². The van der Waals surface area contributed by atoms with Crippen molar-refractivity contribution in [1.82, 2.24) is 74.4 Å². The molecule has 15 amide bonds. The van der Waals surface area contributed by atoms with Crippen LogP contribution in [-0.2, 0) is 86.5 Å². The number of aromatic hydroxyl groups is 2. The van der Waals surface area contributed by atoms with Gasteiger partial charge >= 0.3 is 0 Å². The van der Waals surface area contributed by atoms with E-state index in [4.69, 9.17) is 51.0 Å². The molecule has 41 nitrogen and oxygen atoms in total. The minimum atomic E-state index is -1.92. The Morgan fingerprint density at radius 1 is 0.387 bits per heavy atom. The van der Waals surface area contributed by atoms with Crippen LogP contribution in [0.25, 0.3) is 0 Å². The molecule has 0 spiro atoms. The van der Waals surface area contributed by atoms with Gasteiger partial charge in [0.05, 0.1) is 12.5 Å². The van der Waals surface area contributed by atoms with Crippen molar-refractivity contribution in [3.05, 3.63) is 95.1 Å². The van der Waals surface area contributed by atoms with Crippen LogP contribution in [0.4, 0.5) is 0 Å². The molecule has 0 aliphatic rings. The van der Waals surface area contributed by atoms with Gasteiger partial charge in [-0.3, -0.25) is 82.7 Å². The van der Waals surface area contributed by atoms with Gasteiger partial charge in [-0.25, -0.2) is 0 Å². The number of carbonyl (C=O) groups excluding carboxylic acids is 15. The van der Waals surface area contributed by atoms with E-state index in [1.807, 2.05) is 0 Å². The first-order valence-corrected chi connectivity index (χ1v) is 39.5. The molecule has 3 rings (SSSR count). The van der Waals surface area contributed by atoms with Gasteiger partial charge in [0.25, 0.3) is 5.91 Å². The van der Waals surface area contributed by atoms with Crippen molar-refractivity contribution >= 4 is 101 Å². The van der Waals surface area contributed by atoms with Crippen molar-refractivity contribution in [2.75, 3.05) is 19.6 Å². The Morgan fingerprint density at radius 3 is 1.19 bits per heavy atom. The van der Waals surface area contributed by atoms with E-state index in [9.17, 15) is 87.2 Å². The predicted octanol–water partition coefficient (Wildman–Crippen LogP) is -4.71. The minimum Gasteiger partial charge on any atom is -0.508 e. The largest absolute Gasteiger partial charge is 0.508 e. The number of hydrogen-bond acceptors (Lipinski definition) is 22. The molecule has 3 aromatic rings. The lowest BCUT2D eigenvalue weighted by Gasteiger charge is -2.31. The summed E-state index contributed by atoms with van der Waals surface area (Å²) in [6, 6.07) is -0.869. The maximum atomic E-state index is 14.7. The first-order chi connectivity index (χ1) is 56.1. The molecule has 15 atom stereocenters. The van der Waals surface area contributed by atoms with Crippen LogP contribution in [0.3, 0.4) is 0 Å². The lowest BCUT2D eigenvalue weighted by atomic mass is 9.95. The van der Waals surface area contributed by atoms with E-state index in [0.29, 0.717) is 30.5 Å². The first kappa shape index (κ1) is 101. The number of carbonyl (C=O) groups is 15. The minimum absolute atomic E-state index is 0.0239. The van der Waals surface area contributed by atoms with Crippen molar-refractivity contribution in [2.45, 2.75) is 237 Å². The summed E-state index contributed by atoms with van der Waals surface area (Å²) in [6.45, 7) is 12.8. The molecular formula is C78H123N23O18. The van der Waals surface area contributed by atoms with E-state index in [0.717, 1.165) is 12.5 Å². The van der Waals surface area contributed by atoms with Crippen LogP contribution in [0.15, 0.2) is 72.8 Å². The van der Waals surface area contributed by atoms with Crippen molar-refractivity contribution in [3.8, 4) is 11.5 Å². The molecule has 0 saturated carbocycles. The van der Waals surface area contributed by atoms with E-state index in [-0.39, 0.29) is 101 Å². The van der Waals surface area contributed by atoms with Crippen molar-refractivity contribution in [2.24, 2.45) is 57.9 Å². The quantitative estimate of drug-likeness (QED) is 0.0143. The number of phenols is 2. The zero-order valence-corrected chi connectivity index (χ0v) is 68.6.